The maximum atomic E-state index is 12.9. The molecule has 2 atom stereocenters. The number of hydrogen-bond donors (Lipinski definition) is 1. The lowest BCUT2D eigenvalue weighted by molar-refractivity contribution is -0.134. The van der Waals surface area contributed by atoms with Crippen molar-refractivity contribution in [3.63, 3.8) is 0 Å². The highest BCUT2D eigenvalue weighted by Gasteiger charge is 2.42. The smallest absolute Gasteiger partial charge is 0.246 e. The highest BCUT2D eigenvalue weighted by molar-refractivity contribution is 7.89. The molecule has 8 heteroatoms. The third-order valence-electron chi connectivity index (χ3n) is 3.46. The van der Waals surface area contributed by atoms with E-state index >= 15 is 0 Å². The topological polar surface area (TPSA) is 75.7 Å². The number of carbonyl (C=O) groups is 1. The Hall–Kier alpha value is -1.51. The molecule has 2 heterocycles. The summed E-state index contributed by atoms with van der Waals surface area (Å²) in [4.78, 5) is 11.3. The van der Waals surface area contributed by atoms with Crippen LogP contribution in [0, 0.1) is 5.82 Å². The van der Waals surface area contributed by atoms with Crippen LogP contribution >= 0.6 is 0 Å². The summed E-state index contributed by atoms with van der Waals surface area (Å²) in [7, 11) is -3.70. The SMILES string of the molecule is O=C1CO[C@@H]2CN(S(=O)(=O)c3ccc(F)cc3)C[C@H]2N1. The standard InChI is InChI=1S/C12H13FN2O4S/c13-8-1-3-9(4-2-8)20(17,18)15-5-10-11(6-15)19-7-12(16)14-10/h1-4,10-11H,5-7H2,(H,14,16)/t10-,11-/m1/s1. The highest BCUT2D eigenvalue weighted by atomic mass is 32.2. The van der Waals surface area contributed by atoms with E-state index in [4.69, 9.17) is 4.74 Å². The van der Waals surface area contributed by atoms with Gasteiger partial charge in [0.15, 0.2) is 0 Å². The summed E-state index contributed by atoms with van der Waals surface area (Å²) in [6, 6.07) is 4.34. The first kappa shape index (κ1) is 13.5. The van der Waals surface area contributed by atoms with Crippen molar-refractivity contribution in [1.29, 1.82) is 0 Å². The summed E-state index contributed by atoms with van der Waals surface area (Å²) in [6.07, 6.45) is -0.331. The Morgan fingerprint density at radius 2 is 1.95 bits per heavy atom. The molecule has 0 aromatic heterocycles. The lowest BCUT2D eigenvalue weighted by atomic mass is 10.2. The van der Waals surface area contributed by atoms with E-state index in [1.807, 2.05) is 0 Å². The molecule has 0 saturated carbocycles. The van der Waals surface area contributed by atoms with Gasteiger partial charge >= 0.3 is 0 Å². The van der Waals surface area contributed by atoms with E-state index in [9.17, 15) is 17.6 Å². The molecule has 0 aliphatic carbocycles. The molecular weight excluding hydrogens is 287 g/mol. The Morgan fingerprint density at radius 1 is 1.25 bits per heavy atom. The second-order valence-corrected chi connectivity index (χ2v) is 6.74. The first-order valence-corrected chi connectivity index (χ1v) is 7.57. The maximum Gasteiger partial charge on any atom is 0.246 e. The number of nitrogens with one attached hydrogen (secondary N) is 1. The lowest BCUT2D eigenvalue weighted by Crippen LogP contribution is -2.50. The second kappa shape index (κ2) is 4.80. The molecule has 1 aromatic carbocycles. The fourth-order valence-corrected chi connectivity index (χ4v) is 3.91. The molecule has 0 bridgehead atoms. The fourth-order valence-electron chi connectivity index (χ4n) is 2.43. The number of sulfonamides is 1. The number of halogens is 1. The van der Waals surface area contributed by atoms with Crippen molar-refractivity contribution in [2.24, 2.45) is 0 Å². The van der Waals surface area contributed by atoms with Crippen molar-refractivity contribution in [3.8, 4) is 0 Å². The van der Waals surface area contributed by atoms with Crippen molar-refractivity contribution in [2.45, 2.75) is 17.0 Å². The van der Waals surface area contributed by atoms with Crippen LogP contribution in [0.3, 0.4) is 0 Å². The molecule has 1 N–H and O–H groups in total. The van der Waals surface area contributed by atoms with E-state index in [1.54, 1.807) is 0 Å². The van der Waals surface area contributed by atoms with Crippen molar-refractivity contribution in [1.82, 2.24) is 9.62 Å². The van der Waals surface area contributed by atoms with Gasteiger partial charge in [-0.2, -0.15) is 4.31 Å². The Bertz CT molecular complexity index is 631. The van der Waals surface area contributed by atoms with Crippen LogP contribution < -0.4 is 5.32 Å². The largest absolute Gasteiger partial charge is 0.365 e. The molecule has 1 amide bonds. The summed E-state index contributed by atoms with van der Waals surface area (Å²) in [5, 5.41) is 2.71. The van der Waals surface area contributed by atoms with E-state index in [2.05, 4.69) is 5.32 Å². The summed E-state index contributed by atoms with van der Waals surface area (Å²) >= 11 is 0. The molecule has 1 aromatic rings. The zero-order valence-electron chi connectivity index (χ0n) is 10.5. The minimum atomic E-state index is -3.70. The highest BCUT2D eigenvalue weighted by Crippen LogP contribution is 2.24. The van der Waals surface area contributed by atoms with Gasteiger partial charge in [-0.1, -0.05) is 0 Å². The van der Waals surface area contributed by atoms with Gasteiger partial charge in [-0.3, -0.25) is 4.79 Å². The van der Waals surface area contributed by atoms with E-state index in [0.29, 0.717) is 0 Å². The van der Waals surface area contributed by atoms with Gasteiger partial charge in [0.25, 0.3) is 0 Å². The van der Waals surface area contributed by atoms with E-state index < -0.39 is 15.8 Å². The molecule has 2 aliphatic heterocycles. The average Bonchev–Trinajstić information content (AvgIpc) is 2.83. The predicted octanol–water partition coefficient (Wildman–Crippen LogP) is -0.286. The molecule has 2 fully saturated rings. The van der Waals surface area contributed by atoms with Crippen molar-refractivity contribution >= 4 is 15.9 Å². The van der Waals surface area contributed by atoms with Gasteiger partial charge in [-0.15, -0.1) is 0 Å². The van der Waals surface area contributed by atoms with Gasteiger partial charge in [-0.05, 0) is 24.3 Å². The minimum absolute atomic E-state index is 0.0314. The third-order valence-corrected chi connectivity index (χ3v) is 5.30. The number of carbonyl (C=O) groups excluding carboxylic acids is 1. The molecule has 3 rings (SSSR count). The van der Waals surface area contributed by atoms with Gasteiger partial charge in [0.05, 0.1) is 17.0 Å². The average molecular weight is 300 g/mol. The van der Waals surface area contributed by atoms with Crippen LogP contribution in [0.1, 0.15) is 0 Å². The van der Waals surface area contributed by atoms with Gasteiger partial charge < -0.3 is 10.1 Å². The normalized spacial score (nSPS) is 27.1. The number of rotatable bonds is 2. The summed E-state index contributed by atoms with van der Waals surface area (Å²) in [5.41, 5.74) is 0. The molecule has 2 saturated heterocycles. The number of ether oxygens (including phenoxy) is 1. The van der Waals surface area contributed by atoms with E-state index in [0.717, 1.165) is 12.1 Å². The minimum Gasteiger partial charge on any atom is -0.365 e. The summed E-state index contributed by atoms with van der Waals surface area (Å²) < 4.78 is 44.2. The van der Waals surface area contributed by atoms with Gasteiger partial charge in [0.1, 0.15) is 12.4 Å². The Balaban J connectivity index is 1.83. The fraction of sp³-hybridized carbons (Fsp3) is 0.417. The first-order valence-electron chi connectivity index (χ1n) is 6.13. The van der Waals surface area contributed by atoms with E-state index in [-0.39, 0.29) is 42.6 Å². The molecule has 0 radical (unpaired) electrons. The van der Waals surface area contributed by atoms with Gasteiger partial charge in [0.2, 0.25) is 15.9 Å². The number of amides is 1. The third kappa shape index (κ3) is 2.30. The monoisotopic (exact) mass is 300 g/mol. The molecule has 0 unspecified atom stereocenters. The number of morpholine rings is 1. The maximum absolute atomic E-state index is 12.9. The number of benzene rings is 1. The van der Waals surface area contributed by atoms with Crippen molar-refractivity contribution in [2.75, 3.05) is 19.7 Å². The van der Waals surface area contributed by atoms with Crippen LogP contribution in [-0.4, -0.2) is 50.5 Å². The number of hydrogen-bond acceptors (Lipinski definition) is 4. The molecule has 2 aliphatic rings. The van der Waals surface area contributed by atoms with Crippen molar-refractivity contribution < 1.29 is 22.3 Å². The zero-order chi connectivity index (χ0) is 14.3. The van der Waals surface area contributed by atoms with E-state index in [1.165, 1.54) is 16.4 Å². The quantitative estimate of drug-likeness (QED) is 0.814. The number of fused-ring (bicyclic) bond motifs is 1. The predicted molar refractivity (Wildman–Crippen MR) is 66.8 cm³/mol. The van der Waals surface area contributed by atoms with Crippen LogP contribution in [0.25, 0.3) is 0 Å². The van der Waals surface area contributed by atoms with Crippen LogP contribution in [0.2, 0.25) is 0 Å². The Labute approximate surface area is 115 Å². The van der Waals surface area contributed by atoms with Crippen molar-refractivity contribution in [3.05, 3.63) is 30.1 Å². The Morgan fingerprint density at radius 3 is 2.65 bits per heavy atom. The van der Waals surface area contributed by atoms with Gasteiger partial charge in [0, 0.05) is 13.1 Å². The zero-order valence-corrected chi connectivity index (χ0v) is 11.3. The summed E-state index contributed by atoms with van der Waals surface area (Å²) in [5.74, 6) is -0.734. The van der Waals surface area contributed by atoms with Gasteiger partial charge in [-0.25, -0.2) is 12.8 Å². The molecule has 108 valence electrons. The molecule has 20 heavy (non-hydrogen) atoms. The number of nitrogens with zero attached hydrogens (tertiary/aromatic N) is 1. The van der Waals surface area contributed by atoms with Crippen LogP contribution in [0.15, 0.2) is 29.2 Å². The second-order valence-electron chi connectivity index (χ2n) is 4.80. The lowest BCUT2D eigenvalue weighted by Gasteiger charge is -2.24. The summed E-state index contributed by atoms with van der Waals surface area (Å²) in [6.45, 7) is 0.298. The molecular formula is C12H13FN2O4S. The van der Waals surface area contributed by atoms with Crippen LogP contribution in [0.4, 0.5) is 4.39 Å². The Kier molecular flexibility index (Phi) is 3.23. The first-order chi connectivity index (χ1) is 9.46. The molecule has 6 nitrogen and oxygen atoms in total. The molecule has 0 spiro atoms. The van der Waals surface area contributed by atoms with Crippen LogP contribution in [-0.2, 0) is 19.6 Å². The van der Waals surface area contributed by atoms with Crippen LogP contribution in [0.5, 0.6) is 0 Å².